The van der Waals surface area contributed by atoms with Crippen LogP contribution in [0.15, 0.2) is 72.9 Å². The van der Waals surface area contributed by atoms with Gasteiger partial charge in [-0.2, -0.15) is 0 Å². The van der Waals surface area contributed by atoms with Crippen LogP contribution in [0.3, 0.4) is 0 Å². The number of aliphatic carboxylic acids is 1. The van der Waals surface area contributed by atoms with E-state index in [2.05, 4.69) is 86.8 Å². The minimum absolute atomic E-state index is 0.0430. The lowest BCUT2D eigenvalue weighted by atomic mass is 10.1. The maximum absolute atomic E-state index is 12.7. The first kappa shape index (κ1) is 51.8. The van der Waals surface area contributed by atoms with Crippen molar-refractivity contribution < 1.29 is 38.2 Å². The Morgan fingerprint density at radius 2 is 1.07 bits per heavy atom. The van der Waals surface area contributed by atoms with Crippen LogP contribution in [0.4, 0.5) is 0 Å². The van der Waals surface area contributed by atoms with E-state index >= 15 is 0 Å². The highest BCUT2D eigenvalue weighted by Gasteiger charge is 2.31. The lowest BCUT2D eigenvalue weighted by Gasteiger charge is -2.31. The number of likely N-dealkylation sites (N-methyl/N-ethyl adjacent to an activating group) is 1. The highest BCUT2D eigenvalue weighted by molar-refractivity contribution is 5.72. The molecule has 0 rings (SSSR count). The average Bonchev–Trinajstić information content (AvgIpc) is 3.14. The number of carbonyl (C=O) groups is 3. The third kappa shape index (κ3) is 36.2. The largest absolute Gasteiger partial charge is 0.477 e. The van der Waals surface area contributed by atoms with E-state index in [4.69, 9.17) is 14.2 Å². The van der Waals surface area contributed by atoms with Crippen LogP contribution < -0.4 is 0 Å². The molecular formula is C47H80NO7+. The van der Waals surface area contributed by atoms with E-state index in [0.29, 0.717) is 12.8 Å². The van der Waals surface area contributed by atoms with Crippen LogP contribution in [0.5, 0.6) is 0 Å². The minimum atomic E-state index is -0.885. The molecule has 0 amide bonds. The van der Waals surface area contributed by atoms with Crippen LogP contribution >= 0.6 is 0 Å². The fraction of sp³-hybridized carbons (Fsp3) is 0.681. The first-order chi connectivity index (χ1) is 26.6. The van der Waals surface area contributed by atoms with Crippen LogP contribution in [-0.2, 0) is 28.6 Å². The second kappa shape index (κ2) is 37.7. The van der Waals surface area contributed by atoms with Gasteiger partial charge in [0.1, 0.15) is 6.61 Å². The van der Waals surface area contributed by atoms with Crippen molar-refractivity contribution in [1.82, 2.24) is 0 Å². The number of hydrogen-bond acceptors (Lipinski definition) is 6. The Hall–Kier alpha value is -3.23. The molecule has 55 heavy (non-hydrogen) atoms. The first-order valence-electron chi connectivity index (χ1n) is 21.5. The van der Waals surface area contributed by atoms with Gasteiger partial charge in [0.25, 0.3) is 0 Å². The average molecular weight is 771 g/mol. The number of rotatable bonds is 37. The van der Waals surface area contributed by atoms with Gasteiger partial charge in [0, 0.05) is 19.3 Å². The standard InChI is InChI=1S/C47H79NO7/c1-6-8-10-12-14-16-18-19-20-21-22-23-24-25-26-28-29-31-33-35-37-45(49)54-42-43(41-53-40-39-44(47(51)52)48(3,4)5)55-46(50)38-36-34-32-30-27-17-15-13-11-9-7-2/h8,10,13-17,19-20,22-23,27,43-44H,6-7,9,11-12,18,21,24-26,28-42H2,1-5H3/p+1/b10-8+,15-13+,16-14+,20-19+,23-22+,27-17+. The van der Waals surface area contributed by atoms with Gasteiger partial charge in [0.15, 0.2) is 12.1 Å². The van der Waals surface area contributed by atoms with Crippen molar-refractivity contribution in [3.8, 4) is 0 Å². The number of carbonyl (C=O) groups excluding carboxylic acids is 2. The van der Waals surface area contributed by atoms with Crippen molar-refractivity contribution >= 4 is 17.9 Å². The van der Waals surface area contributed by atoms with E-state index in [-0.39, 0.29) is 42.7 Å². The molecule has 0 aromatic rings. The fourth-order valence-electron chi connectivity index (χ4n) is 5.76. The van der Waals surface area contributed by atoms with Gasteiger partial charge in [-0.3, -0.25) is 9.59 Å². The molecule has 0 aliphatic carbocycles. The lowest BCUT2D eigenvalue weighted by molar-refractivity contribution is -0.887. The smallest absolute Gasteiger partial charge is 0.362 e. The summed E-state index contributed by atoms with van der Waals surface area (Å²) in [6.45, 7) is 4.51. The number of esters is 2. The van der Waals surface area contributed by atoms with Gasteiger partial charge < -0.3 is 23.8 Å². The number of nitrogens with zero attached hydrogens (tertiary/aromatic N) is 1. The number of ether oxygens (including phenoxy) is 3. The number of allylic oxidation sites excluding steroid dienone is 12. The van der Waals surface area contributed by atoms with Crippen LogP contribution in [0.25, 0.3) is 0 Å². The van der Waals surface area contributed by atoms with E-state index in [1.165, 1.54) is 38.5 Å². The lowest BCUT2D eigenvalue weighted by Crippen LogP contribution is -2.50. The Labute approximate surface area is 336 Å². The van der Waals surface area contributed by atoms with Gasteiger partial charge in [-0.15, -0.1) is 0 Å². The van der Waals surface area contributed by atoms with E-state index in [1.807, 2.05) is 21.1 Å². The molecular weight excluding hydrogens is 691 g/mol. The van der Waals surface area contributed by atoms with Crippen molar-refractivity contribution in [3.05, 3.63) is 72.9 Å². The number of unbranched alkanes of at least 4 members (excludes halogenated alkanes) is 12. The molecule has 1 N–H and O–H groups in total. The Morgan fingerprint density at radius 1 is 0.582 bits per heavy atom. The molecule has 0 saturated heterocycles. The molecule has 0 spiro atoms. The number of hydrogen-bond donors (Lipinski definition) is 1. The van der Waals surface area contributed by atoms with Gasteiger partial charge >= 0.3 is 17.9 Å². The van der Waals surface area contributed by atoms with Crippen LogP contribution in [0.2, 0.25) is 0 Å². The van der Waals surface area contributed by atoms with Crippen molar-refractivity contribution in [3.63, 3.8) is 0 Å². The highest BCUT2D eigenvalue weighted by Crippen LogP contribution is 2.13. The zero-order valence-corrected chi connectivity index (χ0v) is 35.6. The summed E-state index contributed by atoms with van der Waals surface area (Å²) in [4.78, 5) is 36.9. The molecule has 2 atom stereocenters. The molecule has 8 nitrogen and oxygen atoms in total. The molecule has 0 aliphatic heterocycles. The monoisotopic (exact) mass is 771 g/mol. The molecule has 314 valence electrons. The molecule has 8 heteroatoms. The third-order valence-electron chi connectivity index (χ3n) is 9.12. The molecule has 0 saturated carbocycles. The number of carboxylic acid groups (broad SMARTS) is 1. The SMILES string of the molecule is CC/C=C/C/C=C/C/C=C/C/C=C/CCCCCCCCCC(=O)OCC(COCCC(C(=O)O)[N+](C)(C)C)OC(=O)CCCCC/C=C/C=C/CCCC. The Balaban J connectivity index is 4.35. The van der Waals surface area contributed by atoms with E-state index < -0.39 is 18.1 Å². The number of quaternary nitrogens is 1. The second-order valence-corrected chi connectivity index (χ2v) is 15.2. The van der Waals surface area contributed by atoms with Crippen LogP contribution in [0.1, 0.15) is 155 Å². The minimum Gasteiger partial charge on any atom is -0.477 e. The quantitative estimate of drug-likeness (QED) is 0.0221. The Bertz CT molecular complexity index is 1130. The molecule has 0 aromatic carbocycles. The third-order valence-corrected chi connectivity index (χ3v) is 9.12. The molecule has 0 aromatic heterocycles. The summed E-state index contributed by atoms with van der Waals surface area (Å²) in [5.74, 6) is -1.53. The molecule has 0 fully saturated rings. The zero-order chi connectivity index (χ0) is 40.7. The zero-order valence-electron chi connectivity index (χ0n) is 35.6. The fourth-order valence-corrected chi connectivity index (χ4v) is 5.76. The van der Waals surface area contributed by atoms with Crippen molar-refractivity contribution in [2.75, 3.05) is 41.0 Å². The molecule has 0 radical (unpaired) electrons. The summed E-state index contributed by atoms with van der Waals surface area (Å²) in [6, 6.07) is -0.623. The van der Waals surface area contributed by atoms with Gasteiger partial charge in [-0.25, -0.2) is 4.79 Å². The first-order valence-corrected chi connectivity index (χ1v) is 21.5. The van der Waals surface area contributed by atoms with Crippen molar-refractivity contribution in [1.29, 1.82) is 0 Å². The Kier molecular flexibility index (Phi) is 35.5. The second-order valence-electron chi connectivity index (χ2n) is 15.2. The predicted molar refractivity (Wildman–Crippen MR) is 229 cm³/mol. The summed E-state index contributed by atoms with van der Waals surface area (Å²) in [7, 11) is 5.50. The summed E-state index contributed by atoms with van der Waals surface area (Å²) in [5, 5.41) is 9.60. The van der Waals surface area contributed by atoms with Gasteiger partial charge in [0.05, 0.1) is 34.4 Å². The Morgan fingerprint density at radius 3 is 1.64 bits per heavy atom. The van der Waals surface area contributed by atoms with Crippen molar-refractivity contribution in [2.45, 2.75) is 167 Å². The molecule has 0 aliphatic rings. The van der Waals surface area contributed by atoms with Crippen LogP contribution in [0, 0.1) is 0 Å². The maximum atomic E-state index is 12.7. The molecule has 2 unspecified atom stereocenters. The maximum Gasteiger partial charge on any atom is 0.362 e. The summed E-state index contributed by atoms with van der Waals surface area (Å²) in [5.41, 5.74) is 0. The topological polar surface area (TPSA) is 99.1 Å². The van der Waals surface area contributed by atoms with E-state index in [9.17, 15) is 19.5 Å². The normalized spacial score (nSPS) is 13.7. The summed E-state index contributed by atoms with van der Waals surface area (Å²) >= 11 is 0. The predicted octanol–water partition coefficient (Wildman–Crippen LogP) is 11.6. The summed E-state index contributed by atoms with van der Waals surface area (Å²) < 4.78 is 17.2. The van der Waals surface area contributed by atoms with Gasteiger partial charge in [-0.05, 0) is 70.6 Å². The van der Waals surface area contributed by atoms with Gasteiger partial charge in [-0.1, -0.05) is 138 Å². The van der Waals surface area contributed by atoms with Crippen molar-refractivity contribution in [2.24, 2.45) is 0 Å². The van der Waals surface area contributed by atoms with Gasteiger partial charge in [0.2, 0.25) is 0 Å². The van der Waals surface area contributed by atoms with Crippen LogP contribution in [-0.4, -0.2) is 80.6 Å². The molecule has 0 heterocycles. The summed E-state index contributed by atoms with van der Waals surface area (Å²) in [6.07, 6.45) is 46.6. The highest BCUT2D eigenvalue weighted by atomic mass is 16.6. The van der Waals surface area contributed by atoms with E-state index in [1.54, 1.807) is 0 Å². The van der Waals surface area contributed by atoms with E-state index in [0.717, 1.165) is 83.5 Å². The number of carboxylic acids is 1. The molecule has 0 bridgehead atoms.